The molecule has 1 rings (SSSR count). The zero-order chi connectivity index (χ0) is 18.8. The maximum atomic E-state index is 11.7. The summed E-state index contributed by atoms with van der Waals surface area (Å²) < 4.78 is 0. The maximum Gasteiger partial charge on any atom is 0.339 e. The Morgan fingerprint density at radius 3 is 2.72 bits per heavy atom. The number of rotatable bonds is 9. The van der Waals surface area contributed by atoms with Gasteiger partial charge in [0, 0.05) is 24.9 Å². The highest BCUT2D eigenvalue weighted by Crippen LogP contribution is 2.18. The van der Waals surface area contributed by atoms with E-state index in [1.807, 2.05) is 31.2 Å². The minimum Gasteiger partial charge on any atom is -0.478 e. The van der Waals surface area contributed by atoms with Crippen molar-refractivity contribution in [3.63, 3.8) is 0 Å². The zero-order valence-electron chi connectivity index (χ0n) is 14.3. The van der Waals surface area contributed by atoms with Gasteiger partial charge >= 0.3 is 5.97 Å². The number of aliphatic carboxylic acids is 1. The van der Waals surface area contributed by atoms with Gasteiger partial charge in [-0.2, -0.15) is 5.26 Å². The molecule has 1 amide bonds. The Hall–Kier alpha value is -2.64. The summed E-state index contributed by atoms with van der Waals surface area (Å²) in [6.45, 7) is 3.97. The van der Waals surface area contributed by atoms with Crippen molar-refractivity contribution in [1.82, 2.24) is 4.90 Å². The smallest absolute Gasteiger partial charge is 0.339 e. The number of amides is 1. The monoisotopic (exact) mass is 359 g/mol. The number of benzene rings is 1. The lowest BCUT2D eigenvalue weighted by Crippen LogP contribution is -2.21. The number of nitrogens with one attached hydrogen (secondary N) is 1. The lowest BCUT2D eigenvalue weighted by Gasteiger charge is -2.17. The number of carbonyl (C=O) groups is 2. The molecule has 0 saturated carbocycles. The Labute approximate surface area is 150 Å². The minimum absolute atomic E-state index is 0.0310. The van der Waals surface area contributed by atoms with Crippen molar-refractivity contribution in [2.75, 3.05) is 11.9 Å². The summed E-state index contributed by atoms with van der Waals surface area (Å²) in [5.74, 6) is -1.15. The first-order valence-corrected chi connectivity index (χ1v) is 8.33. The van der Waals surface area contributed by atoms with E-state index in [0.717, 1.165) is 16.6 Å². The molecule has 2 N–H and O–H groups in total. The van der Waals surface area contributed by atoms with Gasteiger partial charge in [0.15, 0.2) is 0 Å². The van der Waals surface area contributed by atoms with Crippen LogP contribution in [0.1, 0.15) is 25.3 Å². The highest BCUT2D eigenvalue weighted by Gasteiger charge is 2.16. The summed E-state index contributed by atoms with van der Waals surface area (Å²) >= 11 is 0. The van der Waals surface area contributed by atoms with Crippen LogP contribution in [0, 0.1) is 18.3 Å². The van der Waals surface area contributed by atoms with Gasteiger partial charge in [-0.05, 0) is 31.6 Å². The molecule has 0 aliphatic carbocycles. The normalized spacial score (nSPS) is 11.6. The Morgan fingerprint density at radius 1 is 1.48 bits per heavy atom. The first kappa shape index (κ1) is 20.4. The Balaban J connectivity index is 3.08. The van der Waals surface area contributed by atoms with Crippen LogP contribution < -0.4 is 10.6 Å². The fourth-order valence-corrected chi connectivity index (χ4v) is 2.56. The van der Waals surface area contributed by atoms with Crippen molar-refractivity contribution in [3.8, 4) is 6.07 Å². The quantitative estimate of drug-likeness (QED) is 0.232. The molecule has 0 aliphatic rings. The fraction of sp³-hybridized carbons (Fsp3) is 0.278. The number of unbranched alkanes of at least 4 members (excludes halogenated alkanes) is 1. The molecule has 0 aliphatic heterocycles. The Morgan fingerprint density at radius 2 is 2.20 bits per heavy atom. The highest BCUT2D eigenvalue weighted by atomic mass is 31.0. The van der Waals surface area contributed by atoms with Crippen LogP contribution in [0.5, 0.6) is 0 Å². The van der Waals surface area contributed by atoms with Gasteiger partial charge < -0.3 is 15.3 Å². The standard InChI is InChI=1S/C18H22N3O3P/c1-3-15(20-16-7-6-13(2)10-17(16)25)14(18(23)24)11-21(12-22)9-5-4-8-19/h3,6-7,10-12,20H,4-5,9,25H2,1-2H3,(H,23,24)/b14-11+,15-3+. The molecule has 1 aromatic carbocycles. The molecule has 132 valence electrons. The molecule has 0 radical (unpaired) electrons. The van der Waals surface area contributed by atoms with Crippen molar-refractivity contribution < 1.29 is 14.7 Å². The highest BCUT2D eigenvalue weighted by molar-refractivity contribution is 7.28. The third-order valence-corrected chi connectivity index (χ3v) is 3.90. The number of carbonyl (C=O) groups excluding carboxylic acids is 1. The van der Waals surface area contributed by atoms with Crippen LogP contribution in [0.15, 0.2) is 41.7 Å². The second kappa shape index (κ2) is 10.3. The van der Waals surface area contributed by atoms with Crippen molar-refractivity contribution in [2.24, 2.45) is 0 Å². The number of hydrogen-bond acceptors (Lipinski definition) is 4. The van der Waals surface area contributed by atoms with Crippen molar-refractivity contribution in [3.05, 3.63) is 47.3 Å². The summed E-state index contributed by atoms with van der Waals surface area (Å²) in [5, 5.41) is 22.1. The average molecular weight is 359 g/mol. The van der Waals surface area contributed by atoms with Gasteiger partial charge in [-0.3, -0.25) is 4.79 Å². The fourth-order valence-electron chi connectivity index (χ4n) is 2.13. The lowest BCUT2D eigenvalue weighted by molar-refractivity contribution is -0.132. The molecule has 7 heteroatoms. The third kappa shape index (κ3) is 6.40. The number of carboxylic acid groups (broad SMARTS) is 1. The van der Waals surface area contributed by atoms with Gasteiger partial charge in [-0.15, -0.1) is 9.24 Å². The number of carboxylic acids is 1. The zero-order valence-corrected chi connectivity index (χ0v) is 15.5. The van der Waals surface area contributed by atoms with Crippen LogP contribution in [-0.2, 0) is 9.59 Å². The molecule has 6 nitrogen and oxygen atoms in total. The van der Waals surface area contributed by atoms with E-state index in [-0.39, 0.29) is 12.1 Å². The number of nitriles is 1. The second-order valence-electron chi connectivity index (χ2n) is 5.37. The topological polar surface area (TPSA) is 93.4 Å². The van der Waals surface area contributed by atoms with E-state index in [9.17, 15) is 14.7 Å². The van der Waals surface area contributed by atoms with Crippen LogP contribution >= 0.6 is 9.24 Å². The van der Waals surface area contributed by atoms with E-state index in [2.05, 4.69) is 14.6 Å². The summed E-state index contributed by atoms with van der Waals surface area (Å²) in [5.41, 5.74) is 2.21. The average Bonchev–Trinajstić information content (AvgIpc) is 2.57. The molecule has 0 heterocycles. The van der Waals surface area contributed by atoms with Crippen LogP contribution in [0.3, 0.4) is 0 Å². The Kier molecular flexibility index (Phi) is 8.38. The van der Waals surface area contributed by atoms with Gasteiger partial charge in [0.05, 0.1) is 17.3 Å². The molecule has 0 bridgehead atoms. The van der Waals surface area contributed by atoms with Crippen LogP contribution in [-0.4, -0.2) is 28.9 Å². The molecular formula is C18H22N3O3P. The van der Waals surface area contributed by atoms with Crippen molar-refractivity contribution in [1.29, 1.82) is 5.26 Å². The SMILES string of the molecule is C/C=C(Nc1ccc(C)cc1P)\C(=C/N(C=O)CCCC#N)C(=O)O. The summed E-state index contributed by atoms with van der Waals surface area (Å²) in [7, 11) is 2.61. The minimum atomic E-state index is -1.15. The number of anilines is 1. The van der Waals surface area contributed by atoms with Crippen molar-refractivity contribution >= 4 is 32.6 Å². The van der Waals surface area contributed by atoms with E-state index in [4.69, 9.17) is 5.26 Å². The van der Waals surface area contributed by atoms with Gasteiger partial charge in [-0.1, -0.05) is 23.8 Å². The van der Waals surface area contributed by atoms with Crippen LogP contribution in [0.2, 0.25) is 0 Å². The molecular weight excluding hydrogens is 337 g/mol. The van der Waals surface area contributed by atoms with E-state index in [1.165, 1.54) is 11.1 Å². The molecule has 1 atom stereocenters. The predicted molar refractivity (Wildman–Crippen MR) is 101 cm³/mol. The molecule has 0 aromatic heterocycles. The van der Waals surface area contributed by atoms with Gasteiger partial charge in [0.25, 0.3) is 0 Å². The summed E-state index contributed by atoms with van der Waals surface area (Å²) in [6.07, 6.45) is 4.26. The molecule has 0 fully saturated rings. The molecule has 0 saturated heterocycles. The number of hydrogen-bond donors (Lipinski definition) is 2. The van der Waals surface area contributed by atoms with Crippen LogP contribution in [0.25, 0.3) is 0 Å². The van der Waals surface area contributed by atoms with Crippen LogP contribution in [0.4, 0.5) is 5.69 Å². The third-order valence-electron chi connectivity index (χ3n) is 3.42. The predicted octanol–water partition coefficient (Wildman–Crippen LogP) is 2.54. The maximum absolute atomic E-state index is 11.7. The number of nitrogens with zero attached hydrogens (tertiary/aromatic N) is 2. The Bertz CT molecular complexity index is 736. The molecule has 1 aromatic rings. The van der Waals surface area contributed by atoms with E-state index >= 15 is 0 Å². The van der Waals surface area contributed by atoms with Crippen molar-refractivity contribution in [2.45, 2.75) is 26.7 Å². The second-order valence-corrected chi connectivity index (χ2v) is 5.99. The van der Waals surface area contributed by atoms with Gasteiger partial charge in [0.1, 0.15) is 0 Å². The first-order chi connectivity index (χ1) is 11.9. The first-order valence-electron chi connectivity index (χ1n) is 7.75. The summed E-state index contributed by atoms with van der Waals surface area (Å²) in [6, 6.07) is 7.75. The molecule has 1 unspecified atom stereocenters. The van der Waals surface area contributed by atoms with E-state index < -0.39 is 5.97 Å². The molecule has 25 heavy (non-hydrogen) atoms. The van der Waals surface area contributed by atoms with Gasteiger partial charge in [-0.25, -0.2) is 4.79 Å². The van der Waals surface area contributed by atoms with E-state index in [0.29, 0.717) is 24.9 Å². The number of aryl methyl sites for hydroxylation is 1. The van der Waals surface area contributed by atoms with E-state index in [1.54, 1.807) is 13.0 Å². The summed E-state index contributed by atoms with van der Waals surface area (Å²) in [4.78, 5) is 24.1. The number of allylic oxidation sites excluding steroid dienone is 1. The largest absolute Gasteiger partial charge is 0.478 e. The lowest BCUT2D eigenvalue weighted by atomic mass is 10.1. The molecule has 0 spiro atoms. The van der Waals surface area contributed by atoms with Gasteiger partial charge in [0.2, 0.25) is 6.41 Å².